The SMILES string of the molecule is C=CCCNC(CN)C1CCCC(C)C1. The molecule has 0 aromatic rings. The molecule has 1 aliphatic carbocycles. The molecule has 2 heteroatoms. The predicted molar refractivity (Wildman–Crippen MR) is 66.8 cm³/mol. The Kier molecular flexibility index (Phi) is 5.96. The van der Waals surface area contributed by atoms with Crippen LogP contribution in [0.3, 0.4) is 0 Å². The number of nitrogens with two attached hydrogens (primary N) is 1. The van der Waals surface area contributed by atoms with E-state index in [4.69, 9.17) is 5.73 Å². The molecule has 0 aliphatic heterocycles. The Morgan fingerprint density at radius 3 is 2.93 bits per heavy atom. The maximum absolute atomic E-state index is 5.84. The fraction of sp³-hybridized carbons (Fsp3) is 0.846. The van der Waals surface area contributed by atoms with E-state index in [0.29, 0.717) is 6.04 Å². The molecular formula is C13H26N2. The van der Waals surface area contributed by atoms with Crippen LogP contribution in [0.1, 0.15) is 39.0 Å². The summed E-state index contributed by atoms with van der Waals surface area (Å²) in [5.74, 6) is 1.68. The van der Waals surface area contributed by atoms with Crippen molar-refractivity contribution in [2.24, 2.45) is 17.6 Å². The van der Waals surface area contributed by atoms with Crippen LogP contribution in [0.5, 0.6) is 0 Å². The zero-order valence-electron chi connectivity index (χ0n) is 10.0. The van der Waals surface area contributed by atoms with Crippen molar-refractivity contribution in [1.29, 1.82) is 0 Å². The van der Waals surface area contributed by atoms with Gasteiger partial charge in [-0.05, 0) is 37.6 Å². The highest BCUT2D eigenvalue weighted by Gasteiger charge is 2.25. The summed E-state index contributed by atoms with van der Waals surface area (Å²) in [6.45, 7) is 7.90. The van der Waals surface area contributed by atoms with Gasteiger partial charge in [0.15, 0.2) is 0 Å². The Morgan fingerprint density at radius 2 is 2.33 bits per heavy atom. The largest absolute Gasteiger partial charge is 0.329 e. The molecule has 1 rings (SSSR count). The lowest BCUT2D eigenvalue weighted by atomic mass is 9.78. The van der Waals surface area contributed by atoms with E-state index in [9.17, 15) is 0 Å². The van der Waals surface area contributed by atoms with E-state index in [1.165, 1.54) is 25.7 Å². The van der Waals surface area contributed by atoms with Crippen LogP contribution in [0.25, 0.3) is 0 Å². The van der Waals surface area contributed by atoms with Crippen LogP contribution in [0.15, 0.2) is 12.7 Å². The second-order valence-electron chi connectivity index (χ2n) is 4.91. The molecule has 0 aromatic heterocycles. The maximum Gasteiger partial charge on any atom is 0.0218 e. The summed E-state index contributed by atoms with van der Waals surface area (Å²) < 4.78 is 0. The van der Waals surface area contributed by atoms with Crippen LogP contribution in [0, 0.1) is 11.8 Å². The van der Waals surface area contributed by atoms with Gasteiger partial charge >= 0.3 is 0 Å². The Bertz CT molecular complexity index is 179. The minimum Gasteiger partial charge on any atom is -0.329 e. The van der Waals surface area contributed by atoms with Crippen LogP contribution >= 0.6 is 0 Å². The molecule has 0 radical (unpaired) electrons. The molecule has 0 aromatic carbocycles. The van der Waals surface area contributed by atoms with Crippen molar-refractivity contribution in [3.05, 3.63) is 12.7 Å². The minimum atomic E-state index is 0.521. The van der Waals surface area contributed by atoms with Crippen LogP contribution in [0.2, 0.25) is 0 Å². The van der Waals surface area contributed by atoms with Gasteiger partial charge in [0, 0.05) is 12.6 Å². The van der Waals surface area contributed by atoms with E-state index in [1.54, 1.807) is 0 Å². The van der Waals surface area contributed by atoms with Crippen molar-refractivity contribution in [3.8, 4) is 0 Å². The number of hydrogen-bond acceptors (Lipinski definition) is 2. The third-order valence-electron chi connectivity index (χ3n) is 3.55. The summed E-state index contributed by atoms with van der Waals surface area (Å²) in [7, 11) is 0. The van der Waals surface area contributed by atoms with Gasteiger partial charge in [0.1, 0.15) is 0 Å². The van der Waals surface area contributed by atoms with Crippen LogP contribution in [-0.2, 0) is 0 Å². The van der Waals surface area contributed by atoms with Gasteiger partial charge in [0.05, 0.1) is 0 Å². The highest BCUT2D eigenvalue weighted by Crippen LogP contribution is 2.30. The highest BCUT2D eigenvalue weighted by molar-refractivity contribution is 4.83. The van der Waals surface area contributed by atoms with Crippen molar-refractivity contribution in [1.82, 2.24) is 5.32 Å². The van der Waals surface area contributed by atoms with Gasteiger partial charge in [-0.1, -0.05) is 25.8 Å². The summed E-state index contributed by atoms with van der Waals surface area (Å²) in [5.41, 5.74) is 5.84. The first-order valence-corrected chi connectivity index (χ1v) is 6.32. The standard InChI is InChI=1S/C13H26N2/c1-3-4-8-15-13(10-14)12-7-5-6-11(2)9-12/h3,11-13,15H,1,4-10,14H2,2H3. The van der Waals surface area contributed by atoms with Gasteiger partial charge < -0.3 is 11.1 Å². The zero-order valence-corrected chi connectivity index (χ0v) is 10.0. The molecule has 3 atom stereocenters. The predicted octanol–water partition coefficient (Wildman–Crippen LogP) is 2.31. The lowest BCUT2D eigenvalue weighted by Gasteiger charge is -2.33. The Balaban J connectivity index is 2.32. The Hall–Kier alpha value is -0.340. The van der Waals surface area contributed by atoms with Crippen molar-refractivity contribution >= 4 is 0 Å². The van der Waals surface area contributed by atoms with Gasteiger partial charge in [-0.3, -0.25) is 0 Å². The van der Waals surface area contributed by atoms with E-state index in [2.05, 4.69) is 18.8 Å². The molecule has 1 aliphatic rings. The molecule has 1 saturated carbocycles. The van der Waals surface area contributed by atoms with Gasteiger partial charge in [0.2, 0.25) is 0 Å². The molecule has 15 heavy (non-hydrogen) atoms. The smallest absolute Gasteiger partial charge is 0.0218 e. The average Bonchev–Trinajstić information content (AvgIpc) is 2.24. The summed E-state index contributed by atoms with van der Waals surface area (Å²) in [6, 6.07) is 0.521. The number of nitrogens with one attached hydrogen (secondary N) is 1. The van der Waals surface area contributed by atoms with E-state index in [1.807, 2.05) is 6.08 Å². The first-order valence-electron chi connectivity index (χ1n) is 6.32. The second-order valence-corrected chi connectivity index (χ2v) is 4.91. The van der Waals surface area contributed by atoms with Gasteiger partial charge in [-0.15, -0.1) is 6.58 Å². The molecule has 0 heterocycles. The van der Waals surface area contributed by atoms with Crippen molar-refractivity contribution in [2.75, 3.05) is 13.1 Å². The molecule has 0 spiro atoms. The molecule has 0 amide bonds. The third-order valence-corrected chi connectivity index (χ3v) is 3.55. The topological polar surface area (TPSA) is 38.0 Å². The molecule has 88 valence electrons. The maximum atomic E-state index is 5.84. The minimum absolute atomic E-state index is 0.521. The molecular weight excluding hydrogens is 184 g/mol. The highest BCUT2D eigenvalue weighted by atomic mass is 14.9. The van der Waals surface area contributed by atoms with Crippen molar-refractivity contribution < 1.29 is 0 Å². The van der Waals surface area contributed by atoms with E-state index in [-0.39, 0.29) is 0 Å². The lowest BCUT2D eigenvalue weighted by molar-refractivity contribution is 0.226. The normalized spacial score (nSPS) is 28.7. The lowest BCUT2D eigenvalue weighted by Crippen LogP contribution is -2.44. The second kappa shape index (κ2) is 7.02. The van der Waals surface area contributed by atoms with E-state index in [0.717, 1.165) is 31.3 Å². The van der Waals surface area contributed by atoms with E-state index < -0.39 is 0 Å². The van der Waals surface area contributed by atoms with Crippen LogP contribution in [0.4, 0.5) is 0 Å². The molecule has 3 unspecified atom stereocenters. The molecule has 0 saturated heterocycles. The molecule has 3 N–H and O–H groups in total. The quantitative estimate of drug-likeness (QED) is 0.521. The van der Waals surface area contributed by atoms with Crippen molar-refractivity contribution in [3.63, 3.8) is 0 Å². The van der Waals surface area contributed by atoms with Gasteiger partial charge in [0.25, 0.3) is 0 Å². The average molecular weight is 210 g/mol. The van der Waals surface area contributed by atoms with Crippen LogP contribution in [-0.4, -0.2) is 19.1 Å². The fourth-order valence-electron chi connectivity index (χ4n) is 2.66. The number of rotatable bonds is 6. The zero-order chi connectivity index (χ0) is 11.1. The number of hydrogen-bond donors (Lipinski definition) is 2. The molecule has 2 nitrogen and oxygen atoms in total. The molecule has 0 bridgehead atoms. The van der Waals surface area contributed by atoms with Gasteiger partial charge in [-0.2, -0.15) is 0 Å². The third kappa shape index (κ3) is 4.35. The summed E-state index contributed by atoms with van der Waals surface area (Å²) in [5, 5.41) is 3.56. The Morgan fingerprint density at radius 1 is 1.53 bits per heavy atom. The summed E-state index contributed by atoms with van der Waals surface area (Å²) in [6.07, 6.45) is 8.49. The monoisotopic (exact) mass is 210 g/mol. The van der Waals surface area contributed by atoms with Gasteiger partial charge in [-0.25, -0.2) is 0 Å². The summed E-state index contributed by atoms with van der Waals surface area (Å²) >= 11 is 0. The first kappa shape index (κ1) is 12.7. The summed E-state index contributed by atoms with van der Waals surface area (Å²) in [4.78, 5) is 0. The van der Waals surface area contributed by atoms with E-state index >= 15 is 0 Å². The fourth-order valence-corrected chi connectivity index (χ4v) is 2.66. The first-order chi connectivity index (χ1) is 7.27. The molecule has 1 fully saturated rings. The van der Waals surface area contributed by atoms with Crippen LogP contribution < -0.4 is 11.1 Å². The van der Waals surface area contributed by atoms with Crippen molar-refractivity contribution in [2.45, 2.75) is 45.1 Å². The Labute approximate surface area is 94.3 Å².